The van der Waals surface area contributed by atoms with Crippen molar-refractivity contribution in [2.24, 2.45) is 0 Å². The summed E-state index contributed by atoms with van der Waals surface area (Å²) in [4.78, 5) is 0. The molecule has 0 unspecified atom stereocenters. The van der Waals surface area contributed by atoms with E-state index in [4.69, 9.17) is 4.42 Å². The van der Waals surface area contributed by atoms with Gasteiger partial charge >= 0.3 is 0 Å². The molecule has 71 heavy (non-hydrogen) atoms. The largest absolute Gasteiger partial charge is 0.454 e. The number of fused-ring (bicyclic) bond motifs is 13. The predicted octanol–water partition coefficient (Wildman–Crippen LogP) is 14.3. The van der Waals surface area contributed by atoms with E-state index in [9.17, 15) is 0 Å². The van der Waals surface area contributed by atoms with Crippen LogP contribution in [-0.2, 0) is 0 Å². The summed E-state index contributed by atoms with van der Waals surface area (Å²) >= 11 is 0. The molecule has 0 aliphatic carbocycles. The minimum Gasteiger partial charge on any atom is -0.454 e. The highest BCUT2D eigenvalue weighted by atomic mass is 28.3. The van der Waals surface area contributed by atoms with E-state index in [1.165, 1.54) is 69.6 Å². The monoisotopic (exact) mass is 921 g/mol. The quantitative estimate of drug-likeness (QED) is 0.116. The number of rotatable bonds is 7. The van der Waals surface area contributed by atoms with Gasteiger partial charge < -0.3 is 18.1 Å². The number of para-hydroxylation sites is 4. The van der Waals surface area contributed by atoms with Gasteiger partial charge in [0.05, 0.1) is 33.1 Å². The second-order valence-corrected chi connectivity index (χ2v) is 22.6. The Labute approximate surface area is 410 Å². The molecule has 4 aromatic heterocycles. The standard InChI is InChI=1S/C66H43N3OSi/c1-4-18-47(19-5-1)71(48-20-6-2-7-21-48,49-22-8-3-9-23-49)50-36-32-44(33-37-50)67-59-28-14-11-25-52(59)57-42-45(34-40-62(57)67)68-60-29-15-12-26-53(60)58-43-46(35-41-63(58)68)69-61-30-16-10-24-51(61)55-38-39-56-54-27-13-17-31-64(54)70-66(56)65(55)69/h1-43H. The maximum absolute atomic E-state index is 6.72. The average Bonchev–Trinajstić information content (AvgIpc) is 4.19. The number of nitrogens with zero attached hydrogens (tertiary/aromatic N) is 3. The summed E-state index contributed by atoms with van der Waals surface area (Å²) in [6, 6.07) is 96.2. The fraction of sp³-hybridized carbons (Fsp3) is 0. The summed E-state index contributed by atoms with van der Waals surface area (Å²) in [5.74, 6) is 0. The van der Waals surface area contributed by atoms with E-state index in [1.54, 1.807) is 0 Å². The molecule has 15 rings (SSSR count). The molecule has 0 saturated heterocycles. The molecule has 0 bridgehead atoms. The summed E-state index contributed by atoms with van der Waals surface area (Å²) in [7, 11) is -2.68. The van der Waals surface area contributed by atoms with Crippen molar-refractivity contribution in [2.75, 3.05) is 0 Å². The first-order chi connectivity index (χ1) is 35.2. The molecular formula is C66H43N3OSi. The Balaban J connectivity index is 0.898. The lowest BCUT2D eigenvalue weighted by Gasteiger charge is -2.34. The van der Waals surface area contributed by atoms with Gasteiger partial charge in [-0.05, 0) is 99.6 Å². The normalized spacial score (nSPS) is 12.2. The summed E-state index contributed by atoms with van der Waals surface area (Å²) < 4.78 is 14.0. The molecular weight excluding hydrogens is 879 g/mol. The molecule has 4 nitrogen and oxygen atoms in total. The Kier molecular flexibility index (Phi) is 8.64. The first-order valence-electron chi connectivity index (χ1n) is 24.4. The highest BCUT2D eigenvalue weighted by molar-refractivity contribution is 7.19. The maximum atomic E-state index is 6.72. The highest BCUT2D eigenvalue weighted by Crippen LogP contribution is 2.42. The number of aromatic nitrogens is 3. The van der Waals surface area contributed by atoms with Crippen LogP contribution >= 0.6 is 0 Å². The van der Waals surface area contributed by atoms with Gasteiger partial charge in [0.15, 0.2) is 13.7 Å². The van der Waals surface area contributed by atoms with Crippen molar-refractivity contribution < 1.29 is 4.42 Å². The van der Waals surface area contributed by atoms with Crippen LogP contribution in [0.2, 0.25) is 0 Å². The van der Waals surface area contributed by atoms with Crippen LogP contribution < -0.4 is 20.7 Å². The molecule has 0 saturated carbocycles. The SMILES string of the molecule is c1ccc([Si](c2ccccc2)(c2ccccc2)c2ccc(-n3c4ccccc4c4cc(-n5c6ccccc6c6cc(-n7c8ccccc8c8ccc9c%10ccccc%10oc9c87)ccc65)ccc43)cc2)cc1. The molecule has 5 heteroatoms. The number of hydrogen-bond donors (Lipinski definition) is 0. The molecule has 0 atom stereocenters. The van der Waals surface area contributed by atoms with Crippen LogP contribution in [0.3, 0.4) is 0 Å². The van der Waals surface area contributed by atoms with Gasteiger partial charge in [0, 0.05) is 60.2 Å². The molecule has 0 amide bonds. The van der Waals surface area contributed by atoms with Crippen LogP contribution in [0.25, 0.3) is 104 Å². The minimum atomic E-state index is -2.68. The topological polar surface area (TPSA) is 27.9 Å². The molecule has 0 aliphatic rings. The van der Waals surface area contributed by atoms with Crippen molar-refractivity contribution in [3.63, 3.8) is 0 Å². The first-order valence-corrected chi connectivity index (χ1v) is 26.4. The zero-order valence-corrected chi connectivity index (χ0v) is 39.6. The first kappa shape index (κ1) is 39.8. The zero-order valence-electron chi connectivity index (χ0n) is 38.6. The van der Waals surface area contributed by atoms with Crippen molar-refractivity contribution in [3.8, 4) is 17.1 Å². The molecule has 11 aromatic carbocycles. The smallest absolute Gasteiger partial charge is 0.179 e. The highest BCUT2D eigenvalue weighted by Gasteiger charge is 2.41. The van der Waals surface area contributed by atoms with Gasteiger partial charge in [-0.1, -0.05) is 182 Å². The Morgan fingerprint density at radius 3 is 1.18 bits per heavy atom. The maximum Gasteiger partial charge on any atom is 0.179 e. The Hall–Kier alpha value is -9.16. The van der Waals surface area contributed by atoms with Crippen LogP contribution in [0.15, 0.2) is 265 Å². The van der Waals surface area contributed by atoms with E-state index in [1.807, 2.05) is 6.07 Å². The zero-order chi connectivity index (χ0) is 46.6. The van der Waals surface area contributed by atoms with Crippen LogP contribution in [0.5, 0.6) is 0 Å². The van der Waals surface area contributed by atoms with E-state index >= 15 is 0 Å². The van der Waals surface area contributed by atoms with Gasteiger partial charge in [-0.2, -0.15) is 0 Å². The lowest BCUT2D eigenvalue weighted by molar-refractivity contribution is 0.671. The summed E-state index contributed by atoms with van der Waals surface area (Å²) in [6.45, 7) is 0. The number of hydrogen-bond acceptors (Lipinski definition) is 1. The Bertz CT molecular complexity index is 4470. The number of benzene rings is 11. The summed E-state index contributed by atoms with van der Waals surface area (Å²) in [5.41, 5.74) is 12.1. The third-order valence-corrected chi connectivity index (χ3v) is 20.0. The fourth-order valence-electron chi connectivity index (χ4n) is 12.2. The molecule has 0 fully saturated rings. The van der Waals surface area contributed by atoms with E-state index in [0.717, 1.165) is 55.6 Å². The van der Waals surface area contributed by atoms with Crippen LogP contribution in [0.4, 0.5) is 0 Å². The minimum absolute atomic E-state index is 0.900. The van der Waals surface area contributed by atoms with Crippen molar-refractivity contribution in [2.45, 2.75) is 0 Å². The van der Waals surface area contributed by atoms with E-state index in [0.29, 0.717) is 0 Å². The van der Waals surface area contributed by atoms with E-state index < -0.39 is 8.07 Å². The van der Waals surface area contributed by atoms with E-state index in [2.05, 4.69) is 268 Å². The molecule has 0 spiro atoms. The molecule has 0 N–H and O–H groups in total. The average molecular weight is 922 g/mol. The van der Waals surface area contributed by atoms with Gasteiger partial charge in [-0.3, -0.25) is 0 Å². The lowest BCUT2D eigenvalue weighted by atomic mass is 10.1. The second-order valence-electron chi connectivity index (χ2n) is 18.8. The fourth-order valence-corrected chi connectivity index (χ4v) is 16.9. The van der Waals surface area contributed by atoms with Crippen LogP contribution in [0, 0.1) is 0 Å². The Morgan fingerprint density at radius 1 is 0.254 bits per heavy atom. The van der Waals surface area contributed by atoms with Crippen LogP contribution in [0.1, 0.15) is 0 Å². The van der Waals surface area contributed by atoms with Crippen molar-refractivity contribution in [1.29, 1.82) is 0 Å². The molecule has 332 valence electrons. The van der Waals surface area contributed by atoms with Gasteiger partial charge in [-0.15, -0.1) is 0 Å². The summed E-state index contributed by atoms with van der Waals surface area (Å²) in [5, 5.41) is 14.9. The third kappa shape index (κ3) is 5.72. The molecule has 0 aliphatic heterocycles. The molecule has 4 heterocycles. The predicted molar refractivity (Wildman–Crippen MR) is 300 cm³/mol. The van der Waals surface area contributed by atoms with Crippen molar-refractivity contribution >= 4 is 116 Å². The van der Waals surface area contributed by atoms with Crippen LogP contribution in [-0.4, -0.2) is 21.8 Å². The van der Waals surface area contributed by atoms with Gasteiger partial charge in [0.1, 0.15) is 5.58 Å². The lowest BCUT2D eigenvalue weighted by Crippen LogP contribution is -2.74. The molecule has 0 radical (unpaired) electrons. The summed E-state index contributed by atoms with van der Waals surface area (Å²) in [6.07, 6.45) is 0. The molecule has 15 aromatic rings. The van der Waals surface area contributed by atoms with Crippen molar-refractivity contribution in [3.05, 3.63) is 261 Å². The number of furan rings is 1. The van der Waals surface area contributed by atoms with Gasteiger partial charge in [0.25, 0.3) is 0 Å². The third-order valence-electron chi connectivity index (χ3n) is 15.2. The van der Waals surface area contributed by atoms with Gasteiger partial charge in [0.2, 0.25) is 0 Å². The van der Waals surface area contributed by atoms with Gasteiger partial charge in [-0.25, -0.2) is 0 Å². The van der Waals surface area contributed by atoms with E-state index in [-0.39, 0.29) is 0 Å². The Morgan fingerprint density at radius 2 is 0.634 bits per heavy atom. The second kappa shape index (κ2) is 15.4. The van der Waals surface area contributed by atoms with Crippen molar-refractivity contribution in [1.82, 2.24) is 13.7 Å².